The zero-order chi connectivity index (χ0) is 13.1. The van der Waals surface area contributed by atoms with E-state index in [0.717, 1.165) is 11.1 Å². The molecule has 0 saturated carbocycles. The molecule has 18 heavy (non-hydrogen) atoms. The van der Waals surface area contributed by atoms with Gasteiger partial charge in [0.05, 0.1) is 0 Å². The zero-order valence-corrected chi connectivity index (χ0v) is 11.1. The number of nitrogens with two attached hydrogens (primary N) is 1. The molecule has 2 N–H and O–H groups in total. The highest BCUT2D eigenvalue weighted by molar-refractivity contribution is 5.54. The van der Waals surface area contributed by atoms with Gasteiger partial charge in [0, 0.05) is 18.0 Å². The molecule has 1 heterocycles. The van der Waals surface area contributed by atoms with Crippen molar-refractivity contribution in [2.45, 2.75) is 33.2 Å². The van der Waals surface area contributed by atoms with Gasteiger partial charge in [-0.2, -0.15) is 4.98 Å². The minimum atomic E-state index is 0.273. The van der Waals surface area contributed by atoms with Crippen molar-refractivity contribution in [3.63, 3.8) is 0 Å². The molecular weight excluding hydrogens is 226 g/mol. The van der Waals surface area contributed by atoms with Crippen molar-refractivity contribution in [2.75, 3.05) is 0 Å². The fraction of sp³-hybridized carbons (Fsp3) is 0.429. The van der Waals surface area contributed by atoms with Gasteiger partial charge < -0.3 is 10.3 Å². The van der Waals surface area contributed by atoms with Crippen molar-refractivity contribution in [3.05, 3.63) is 35.7 Å². The van der Waals surface area contributed by atoms with Gasteiger partial charge >= 0.3 is 0 Å². The van der Waals surface area contributed by atoms with E-state index in [4.69, 9.17) is 10.3 Å². The SMILES string of the molecule is CC(C)C(C)c1nc(-c2ccc(CN)cc2)no1. The Bertz CT molecular complexity index is 502. The summed E-state index contributed by atoms with van der Waals surface area (Å²) in [5.74, 6) is 2.09. The van der Waals surface area contributed by atoms with E-state index in [1.165, 1.54) is 0 Å². The van der Waals surface area contributed by atoms with Gasteiger partial charge in [0.25, 0.3) is 0 Å². The van der Waals surface area contributed by atoms with E-state index >= 15 is 0 Å². The van der Waals surface area contributed by atoms with Crippen LogP contribution in [0, 0.1) is 5.92 Å². The van der Waals surface area contributed by atoms with Crippen molar-refractivity contribution in [3.8, 4) is 11.4 Å². The Morgan fingerprint density at radius 2 is 1.83 bits per heavy atom. The first-order chi connectivity index (χ1) is 8.61. The van der Waals surface area contributed by atoms with Crippen molar-refractivity contribution in [1.82, 2.24) is 10.1 Å². The second-order valence-electron chi connectivity index (χ2n) is 4.89. The normalized spacial score (nSPS) is 12.9. The van der Waals surface area contributed by atoms with Gasteiger partial charge in [0.2, 0.25) is 11.7 Å². The van der Waals surface area contributed by atoms with E-state index in [9.17, 15) is 0 Å². The Morgan fingerprint density at radius 1 is 1.17 bits per heavy atom. The topological polar surface area (TPSA) is 64.9 Å². The summed E-state index contributed by atoms with van der Waals surface area (Å²) in [6, 6.07) is 7.90. The minimum absolute atomic E-state index is 0.273. The Labute approximate surface area is 107 Å². The molecule has 0 spiro atoms. The number of hydrogen-bond donors (Lipinski definition) is 1. The molecule has 0 aliphatic rings. The van der Waals surface area contributed by atoms with Crippen LogP contribution in [-0.2, 0) is 6.54 Å². The molecule has 1 atom stereocenters. The quantitative estimate of drug-likeness (QED) is 0.899. The summed E-state index contributed by atoms with van der Waals surface area (Å²) in [7, 11) is 0. The van der Waals surface area contributed by atoms with Gasteiger partial charge in [0.1, 0.15) is 0 Å². The number of nitrogens with zero attached hydrogens (tertiary/aromatic N) is 2. The highest BCUT2D eigenvalue weighted by Gasteiger charge is 2.17. The third-order valence-corrected chi connectivity index (χ3v) is 3.28. The number of benzene rings is 1. The summed E-state index contributed by atoms with van der Waals surface area (Å²) in [5.41, 5.74) is 7.62. The Morgan fingerprint density at radius 3 is 2.39 bits per heavy atom. The smallest absolute Gasteiger partial charge is 0.230 e. The fourth-order valence-corrected chi connectivity index (χ4v) is 1.61. The molecule has 96 valence electrons. The van der Waals surface area contributed by atoms with Crippen LogP contribution in [0.4, 0.5) is 0 Å². The first kappa shape index (κ1) is 12.8. The summed E-state index contributed by atoms with van der Waals surface area (Å²) in [6.45, 7) is 6.93. The highest BCUT2D eigenvalue weighted by Crippen LogP contribution is 2.24. The van der Waals surface area contributed by atoms with Crippen molar-refractivity contribution < 1.29 is 4.52 Å². The third kappa shape index (κ3) is 2.59. The lowest BCUT2D eigenvalue weighted by Gasteiger charge is -2.08. The number of rotatable bonds is 4. The Kier molecular flexibility index (Phi) is 3.77. The van der Waals surface area contributed by atoms with E-state index < -0.39 is 0 Å². The van der Waals surface area contributed by atoms with Gasteiger partial charge in [0.15, 0.2) is 0 Å². The molecule has 0 aliphatic carbocycles. The van der Waals surface area contributed by atoms with Crippen LogP contribution in [0.5, 0.6) is 0 Å². The molecule has 2 aromatic rings. The van der Waals surface area contributed by atoms with Gasteiger partial charge in [-0.15, -0.1) is 0 Å². The zero-order valence-electron chi connectivity index (χ0n) is 11.1. The van der Waals surface area contributed by atoms with E-state index in [1.807, 2.05) is 24.3 Å². The minimum Gasteiger partial charge on any atom is -0.339 e. The van der Waals surface area contributed by atoms with Gasteiger partial charge in [-0.1, -0.05) is 50.2 Å². The van der Waals surface area contributed by atoms with Crippen LogP contribution in [0.15, 0.2) is 28.8 Å². The lowest BCUT2D eigenvalue weighted by molar-refractivity contribution is 0.332. The first-order valence-corrected chi connectivity index (χ1v) is 6.24. The van der Waals surface area contributed by atoms with Crippen LogP contribution < -0.4 is 5.73 Å². The van der Waals surface area contributed by atoms with E-state index in [1.54, 1.807) is 0 Å². The number of aromatic nitrogens is 2. The maximum absolute atomic E-state index is 5.57. The molecule has 0 fully saturated rings. The average Bonchev–Trinajstić information content (AvgIpc) is 2.87. The lowest BCUT2D eigenvalue weighted by atomic mass is 9.98. The maximum atomic E-state index is 5.57. The van der Waals surface area contributed by atoms with Gasteiger partial charge in [-0.3, -0.25) is 0 Å². The van der Waals surface area contributed by atoms with Crippen molar-refractivity contribution in [1.29, 1.82) is 0 Å². The van der Waals surface area contributed by atoms with E-state index in [0.29, 0.717) is 24.2 Å². The fourth-order valence-electron chi connectivity index (χ4n) is 1.61. The summed E-state index contributed by atoms with van der Waals surface area (Å²) in [5, 5.41) is 4.03. The highest BCUT2D eigenvalue weighted by atomic mass is 16.5. The molecule has 0 saturated heterocycles. The van der Waals surface area contributed by atoms with E-state index in [-0.39, 0.29) is 5.92 Å². The molecule has 4 heteroatoms. The van der Waals surface area contributed by atoms with Crippen LogP contribution in [0.3, 0.4) is 0 Å². The molecule has 0 aliphatic heterocycles. The summed E-state index contributed by atoms with van der Waals surface area (Å²) < 4.78 is 5.31. The molecular formula is C14H19N3O. The standard InChI is InChI=1S/C14H19N3O/c1-9(2)10(3)14-16-13(17-18-14)12-6-4-11(8-15)5-7-12/h4-7,9-10H,8,15H2,1-3H3. The van der Waals surface area contributed by atoms with Crippen molar-refractivity contribution >= 4 is 0 Å². The van der Waals surface area contributed by atoms with Gasteiger partial charge in [-0.25, -0.2) is 0 Å². The second kappa shape index (κ2) is 5.31. The largest absolute Gasteiger partial charge is 0.339 e. The van der Waals surface area contributed by atoms with E-state index in [2.05, 4.69) is 30.9 Å². The summed E-state index contributed by atoms with van der Waals surface area (Å²) in [6.07, 6.45) is 0. The summed E-state index contributed by atoms with van der Waals surface area (Å²) >= 11 is 0. The molecule has 0 radical (unpaired) electrons. The molecule has 4 nitrogen and oxygen atoms in total. The molecule has 1 aromatic heterocycles. The summed E-state index contributed by atoms with van der Waals surface area (Å²) in [4.78, 5) is 4.45. The number of hydrogen-bond acceptors (Lipinski definition) is 4. The molecule has 2 rings (SSSR count). The van der Waals surface area contributed by atoms with Crippen LogP contribution in [0.1, 0.15) is 38.1 Å². The molecule has 1 unspecified atom stereocenters. The second-order valence-corrected chi connectivity index (χ2v) is 4.89. The Balaban J connectivity index is 2.23. The van der Waals surface area contributed by atoms with Crippen LogP contribution >= 0.6 is 0 Å². The Hall–Kier alpha value is -1.68. The predicted octanol–water partition coefficient (Wildman–Crippen LogP) is 2.95. The predicted molar refractivity (Wildman–Crippen MR) is 70.9 cm³/mol. The van der Waals surface area contributed by atoms with Crippen LogP contribution in [-0.4, -0.2) is 10.1 Å². The maximum Gasteiger partial charge on any atom is 0.230 e. The third-order valence-electron chi connectivity index (χ3n) is 3.28. The first-order valence-electron chi connectivity index (χ1n) is 6.24. The van der Waals surface area contributed by atoms with Gasteiger partial charge in [-0.05, 0) is 11.5 Å². The molecule has 0 amide bonds. The molecule has 0 bridgehead atoms. The monoisotopic (exact) mass is 245 g/mol. The lowest BCUT2D eigenvalue weighted by Crippen LogP contribution is -2.02. The van der Waals surface area contributed by atoms with Crippen molar-refractivity contribution in [2.24, 2.45) is 11.7 Å². The average molecular weight is 245 g/mol. The van der Waals surface area contributed by atoms with Crippen LogP contribution in [0.25, 0.3) is 11.4 Å². The molecule has 1 aromatic carbocycles. The van der Waals surface area contributed by atoms with Crippen LogP contribution in [0.2, 0.25) is 0 Å².